The van der Waals surface area contributed by atoms with Gasteiger partial charge in [0.15, 0.2) is 0 Å². The van der Waals surface area contributed by atoms with Gasteiger partial charge in [-0.15, -0.1) is 0 Å². The Labute approximate surface area is 282 Å². The maximum absolute atomic E-state index is 12.2. The van der Waals surface area contributed by atoms with Crippen molar-refractivity contribution in [1.29, 1.82) is 0 Å². The zero-order valence-electron chi connectivity index (χ0n) is 29.3. The fourth-order valence-corrected chi connectivity index (χ4v) is 6.71. The fraction of sp³-hybridized carbons (Fsp3) is 0.436. The van der Waals surface area contributed by atoms with E-state index in [1.54, 1.807) is 0 Å². The molecule has 8 bridgehead atoms. The van der Waals surface area contributed by atoms with Crippen LogP contribution in [-0.2, 0) is 31.9 Å². The molecule has 0 fully saturated rings. The van der Waals surface area contributed by atoms with E-state index in [0.29, 0.717) is 19.3 Å². The highest BCUT2D eigenvalue weighted by molar-refractivity contribution is 5.95. The standard InChI is InChI=1S/C39H48N4O5/c1-8-9-10-11-12-36(44)39-25(5)32-20-31-24(4)28(14-16-38(46)48-7)34(42-31)21-33-27(13-15-37(45)47-6)23(3)30(41-33)18-26-17-22(2)29(40-26)19-35(39)43-32/h17-21,36,41-42,44H,8-16H2,1-7H3/t36-/m0/s1. The van der Waals surface area contributed by atoms with Crippen molar-refractivity contribution in [3.63, 3.8) is 0 Å². The van der Waals surface area contributed by atoms with E-state index in [9.17, 15) is 14.7 Å². The van der Waals surface area contributed by atoms with E-state index < -0.39 is 6.10 Å². The molecule has 3 aromatic heterocycles. The molecule has 0 spiro atoms. The van der Waals surface area contributed by atoms with Crippen molar-refractivity contribution >= 4 is 56.8 Å². The van der Waals surface area contributed by atoms with Crippen LogP contribution in [0.25, 0.3) is 44.9 Å². The van der Waals surface area contributed by atoms with Gasteiger partial charge in [0.05, 0.1) is 43.1 Å². The number of carbonyl (C=O) groups excluding carboxylic acids is 2. The zero-order valence-corrected chi connectivity index (χ0v) is 29.3. The number of nitrogens with one attached hydrogen (secondary N) is 2. The van der Waals surface area contributed by atoms with Crippen molar-refractivity contribution < 1.29 is 24.2 Å². The van der Waals surface area contributed by atoms with Gasteiger partial charge in [-0.3, -0.25) is 9.59 Å². The van der Waals surface area contributed by atoms with Gasteiger partial charge in [-0.25, -0.2) is 9.97 Å². The predicted octanol–water partition coefficient (Wildman–Crippen LogP) is 7.97. The predicted molar refractivity (Wildman–Crippen MR) is 192 cm³/mol. The van der Waals surface area contributed by atoms with Crippen molar-refractivity contribution in [2.75, 3.05) is 14.2 Å². The second-order valence-corrected chi connectivity index (χ2v) is 12.9. The lowest BCUT2D eigenvalue weighted by Gasteiger charge is -2.13. The molecule has 0 unspecified atom stereocenters. The van der Waals surface area contributed by atoms with Crippen molar-refractivity contribution in [2.45, 2.75) is 98.5 Å². The van der Waals surface area contributed by atoms with Gasteiger partial charge in [0, 0.05) is 40.5 Å². The van der Waals surface area contributed by atoms with Crippen LogP contribution in [0.3, 0.4) is 0 Å². The van der Waals surface area contributed by atoms with Gasteiger partial charge in [0.2, 0.25) is 0 Å². The summed E-state index contributed by atoms with van der Waals surface area (Å²) >= 11 is 0. The third-order valence-corrected chi connectivity index (χ3v) is 9.64. The zero-order chi connectivity index (χ0) is 34.5. The number of rotatable bonds is 12. The molecule has 3 aromatic rings. The molecular formula is C39H48N4O5. The average Bonchev–Trinajstić information content (AvgIpc) is 3.75. The van der Waals surface area contributed by atoms with Crippen LogP contribution in [-0.4, -0.2) is 57.3 Å². The smallest absolute Gasteiger partial charge is 0.305 e. The summed E-state index contributed by atoms with van der Waals surface area (Å²) in [6, 6.07) is 8.12. The Morgan fingerprint density at radius 1 is 0.750 bits per heavy atom. The van der Waals surface area contributed by atoms with E-state index in [1.165, 1.54) is 14.2 Å². The van der Waals surface area contributed by atoms with Crippen LogP contribution in [0, 0.1) is 13.8 Å². The first-order valence-electron chi connectivity index (χ1n) is 17.0. The van der Waals surface area contributed by atoms with E-state index in [2.05, 4.69) is 29.0 Å². The van der Waals surface area contributed by atoms with Gasteiger partial charge >= 0.3 is 11.9 Å². The number of methoxy groups -OCH3 is 2. The number of unbranched alkanes of at least 4 members (excludes halogenated alkanes) is 3. The number of ether oxygens (including phenoxy) is 2. The number of aryl methyl sites for hydroxylation is 4. The van der Waals surface area contributed by atoms with Crippen molar-refractivity contribution in [2.24, 2.45) is 0 Å². The topological polar surface area (TPSA) is 130 Å². The highest BCUT2D eigenvalue weighted by atomic mass is 16.5. The van der Waals surface area contributed by atoms with Gasteiger partial charge in [0.1, 0.15) is 0 Å². The van der Waals surface area contributed by atoms with E-state index >= 15 is 0 Å². The molecule has 5 rings (SSSR count). The van der Waals surface area contributed by atoms with Gasteiger partial charge < -0.3 is 24.5 Å². The van der Waals surface area contributed by atoms with Crippen LogP contribution >= 0.6 is 0 Å². The third kappa shape index (κ3) is 7.46. The number of aliphatic hydroxyl groups is 1. The number of hydrogen-bond acceptors (Lipinski definition) is 7. The van der Waals surface area contributed by atoms with Crippen molar-refractivity contribution in [3.05, 3.63) is 69.3 Å². The molecule has 9 nitrogen and oxygen atoms in total. The molecule has 0 saturated heterocycles. The van der Waals surface area contributed by atoms with E-state index in [-0.39, 0.29) is 24.8 Å². The molecule has 5 heterocycles. The van der Waals surface area contributed by atoms with Crippen LogP contribution < -0.4 is 0 Å². The highest BCUT2D eigenvalue weighted by Gasteiger charge is 2.24. The Bertz CT molecular complexity index is 1940. The molecule has 0 amide bonds. The Morgan fingerprint density at radius 3 is 1.94 bits per heavy atom. The van der Waals surface area contributed by atoms with Crippen molar-refractivity contribution in [3.8, 4) is 0 Å². The summed E-state index contributed by atoms with van der Waals surface area (Å²) in [5.74, 6) is -0.549. The average molecular weight is 653 g/mol. The lowest BCUT2D eigenvalue weighted by molar-refractivity contribution is -0.141. The lowest BCUT2D eigenvalue weighted by Crippen LogP contribution is -2.09. The molecule has 48 heavy (non-hydrogen) atoms. The van der Waals surface area contributed by atoms with Crippen LogP contribution in [0.15, 0.2) is 24.3 Å². The van der Waals surface area contributed by atoms with E-state index in [1.807, 2.05) is 45.9 Å². The van der Waals surface area contributed by atoms with Gasteiger partial charge in [0.25, 0.3) is 0 Å². The molecule has 254 valence electrons. The molecule has 0 aliphatic carbocycles. The SMILES string of the molecule is CCCCCC[C@H](O)C1=C(C)c2cc3[nH]c(cc4[nH]c(cc5nc(cc1n2)C(C)=C5)c(C)c4CCC(=O)OC)c(CCC(=O)OC)c3C. The largest absolute Gasteiger partial charge is 0.469 e. The Balaban J connectivity index is 1.80. The summed E-state index contributed by atoms with van der Waals surface area (Å²) in [4.78, 5) is 41.7. The van der Waals surface area contributed by atoms with E-state index in [4.69, 9.17) is 19.4 Å². The monoisotopic (exact) mass is 652 g/mol. The molecular weight excluding hydrogens is 604 g/mol. The Morgan fingerprint density at radius 2 is 1.35 bits per heavy atom. The van der Waals surface area contributed by atoms with Crippen LogP contribution in [0.1, 0.15) is 111 Å². The fourth-order valence-electron chi connectivity index (χ4n) is 6.71. The molecule has 0 radical (unpaired) electrons. The number of esters is 2. The molecule has 1 atom stereocenters. The Hall–Kier alpha value is -4.50. The Kier molecular flexibility index (Phi) is 11.0. The first-order chi connectivity index (χ1) is 23.0. The summed E-state index contributed by atoms with van der Waals surface area (Å²) in [6.45, 7) is 10.3. The molecule has 0 aromatic carbocycles. The summed E-state index contributed by atoms with van der Waals surface area (Å²) in [5, 5.41) is 11.5. The quantitative estimate of drug-likeness (QED) is 0.134. The summed E-state index contributed by atoms with van der Waals surface area (Å²) in [5.41, 5.74) is 13.5. The number of nitrogens with zero attached hydrogens (tertiary/aromatic N) is 2. The van der Waals surface area contributed by atoms with E-state index in [0.717, 1.165) is 109 Å². The van der Waals surface area contributed by atoms with Crippen LogP contribution in [0.2, 0.25) is 0 Å². The van der Waals surface area contributed by atoms with Crippen LogP contribution in [0.4, 0.5) is 0 Å². The molecule has 2 aliphatic rings. The minimum Gasteiger partial charge on any atom is -0.469 e. The summed E-state index contributed by atoms with van der Waals surface area (Å²) in [6.07, 6.45) is 7.87. The number of fused-ring (bicyclic) bond motifs is 8. The number of H-pyrrole nitrogens is 2. The molecule has 3 N–H and O–H groups in total. The maximum atomic E-state index is 12.2. The molecule has 0 saturated carbocycles. The minimum absolute atomic E-state index is 0.235. The van der Waals surface area contributed by atoms with Gasteiger partial charge in [-0.2, -0.15) is 0 Å². The molecule has 9 heteroatoms. The first-order valence-corrected chi connectivity index (χ1v) is 17.0. The number of aromatic nitrogens is 4. The number of allylic oxidation sites excluding steroid dienone is 2. The second-order valence-electron chi connectivity index (χ2n) is 12.9. The highest BCUT2D eigenvalue weighted by Crippen LogP contribution is 2.36. The van der Waals surface area contributed by atoms with Crippen LogP contribution in [0.5, 0.6) is 0 Å². The summed E-state index contributed by atoms with van der Waals surface area (Å²) < 4.78 is 9.93. The first kappa shape index (κ1) is 34.8. The second kappa shape index (κ2) is 15.2. The lowest BCUT2D eigenvalue weighted by atomic mass is 9.96. The van der Waals surface area contributed by atoms with Gasteiger partial charge in [-0.05, 0) is 111 Å². The maximum Gasteiger partial charge on any atom is 0.305 e. The normalized spacial score (nSPS) is 13.5. The number of aromatic amines is 2. The van der Waals surface area contributed by atoms with Gasteiger partial charge in [-0.1, -0.05) is 32.6 Å². The number of carbonyl (C=O) groups is 2. The molecule has 2 aliphatic heterocycles. The number of aliphatic hydroxyl groups excluding tert-OH is 1. The van der Waals surface area contributed by atoms with Crippen molar-refractivity contribution in [1.82, 2.24) is 19.9 Å². The summed E-state index contributed by atoms with van der Waals surface area (Å²) in [7, 11) is 2.80. The minimum atomic E-state index is -0.640. The number of hydrogen-bond donors (Lipinski definition) is 3. The third-order valence-electron chi connectivity index (χ3n) is 9.64.